The fourth-order valence-corrected chi connectivity index (χ4v) is 5.41. The number of aliphatic hydroxyl groups is 1. The first-order valence-corrected chi connectivity index (χ1v) is 7.61. The highest BCUT2D eigenvalue weighted by molar-refractivity contribution is 5.14. The zero-order valence-electron chi connectivity index (χ0n) is 11.5. The Balaban J connectivity index is 1.94. The van der Waals surface area contributed by atoms with E-state index in [1.807, 2.05) is 0 Å². The van der Waals surface area contributed by atoms with Gasteiger partial charge in [0.05, 0.1) is 11.7 Å². The van der Waals surface area contributed by atoms with Crippen molar-refractivity contribution in [3.8, 4) is 0 Å². The summed E-state index contributed by atoms with van der Waals surface area (Å²) in [7, 11) is 1.75. The maximum Gasteiger partial charge on any atom is 0.0978 e. The molecule has 104 valence electrons. The number of methoxy groups -OCH3 is 1. The Bertz CT molecular complexity index is 322. The largest absolute Gasteiger partial charge is 0.387 e. The summed E-state index contributed by atoms with van der Waals surface area (Å²) in [5, 5.41) is 11.4. The molecular weight excluding hydrogens is 226 g/mol. The fraction of sp³-hybridized carbons (Fsp3) is 1.00. The molecule has 3 saturated carbocycles. The highest BCUT2D eigenvalue weighted by atomic mass is 16.5. The zero-order valence-corrected chi connectivity index (χ0v) is 11.5. The third kappa shape index (κ3) is 1.53. The topological polar surface area (TPSA) is 55.5 Å². The molecule has 0 aromatic rings. The van der Waals surface area contributed by atoms with Crippen LogP contribution in [0.15, 0.2) is 0 Å². The van der Waals surface area contributed by atoms with Gasteiger partial charge in [-0.1, -0.05) is 19.3 Å². The van der Waals surface area contributed by atoms with E-state index in [1.54, 1.807) is 7.11 Å². The third-order valence-corrected chi connectivity index (χ3v) is 6.29. The van der Waals surface area contributed by atoms with Crippen LogP contribution in [0, 0.1) is 17.3 Å². The van der Waals surface area contributed by atoms with Crippen LogP contribution < -0.4 is 5.73 Å². The lowest BCUT2D eigenvalue weighted by atomic mass is 9.57. The van der Waals surface area contributed by atoms with Crippen LogP contribution in [0.4, 0.5) is 0 Å². The molecule has 18 heavy (non-hydrogen) atoms. The van der Waals surface area contributed by atoms with Crippen molar-refractivity contribution in [2.45, 2.75) is 63.1 Å². The maximum absolute atomic E-state index is 11.4. The molecule has 3 rings (SSSR count). The Hall–Kier alpha value is -0.120. The van der Waals surface area contributed by atoms with Crippen LogP contribution in [-0.4, -0.2) is 30.5 Å². The molecule has 3 fully saturated rings. The van der Waals surface area contributed by atoms with Crippen LogP contribution in [0.2, 0.25) is 0 Å². The van der Waals surface area contributed by atoms with Crippen LogP contribution in [0.3, 0.4) is 0 Å². The first-order valence-electron chi connectivity index (χ1n) is 7.61. The van der Waals surface area contributed by atoms with Gasteiger partial charge in [0.25, 0.3) is 0 Å². The Morgan fingerprint density at radius 2 is 2.11 bits per heavy atom. The average molecular weight is 253 g/mol. The number of ether oxygens (including phenoxy) is 1. The van der Waals surface area contributed by atoms with E-state index in [9.17, 15) is 5.11 Å². The molecule has 3 nitrogen and oxygen atoms in total. The highest BCUT2D eigenvalue weighted by Crippen LogP contribution is 2.62. The summed E-state index contributed by atoms with van der Waals surface area (Å²) >= 11 is 0. The first kappa shape index (κ1) is 12.9. The van der Waals surface area contributed by atoms with E-state index < -0.39 is 5.60 Å². The summed E-state index contributed by atoms with van der Waals surface area (Å²) in [6, 6.07) is 0. The van der Waals surface area contributed by atoms with Crippen molar-refractivity contribution in [3.63, 3.8) is 0 Å². The van der Waals surface area contributed by atoms with Gasteiger partial charge in [-0.05, 0) is 43.9 Å². The van der Waals surface area contributed by atoms with E-state index in [0.29, 0.717) is 12.5 Å². The van der Waals surface area contributed by atoms with Crippen molar-refractivity contribution in [3.05, 3.63) is 0 Å². The molecular formula is C15H27NO2. The minimum Gasteiger partial charge on any atom is -0.387 e. The van der Waals surface area contributed by atoms with Gasteiger partial charge in [0, 0.05) is 19.1 Å². The number of rotatable bonds is 3. The molecule has 5 unspecified atom stereocenters. The van der Waals surface area contributed by atoms with E-state index in [2.05, 4.69) is 0 Å². The van der Waals surface area contributed by atoms with Crippen molar-refractivity contribution in [2.24, 2.45) is 23.0 Å². The highest BCUT2D eigenvalue weighted by Gasteiger charge is 2.63. The number of nitrogens with two attached hydrogens (primary N) is 1. The van der Waals surface area contributed by atoms with Gasteiger partial charge in [-0.2, -0.15) is 0 Å². The Labute approximate surface area is 110 Å². The van der Waals surface area contributed by atoms with E-state index in [-0.39, 0.29) is 11.5 Å². The molecule has 3 aliphatic rings. The lowest BCUT2D eigenvalue weighted by molar-refractivity contribution is -0.201. The Kier molecular flexibility index (Phi) is 3.20. The Morgan fingerprint density at radius 3 is 2.67 bits per heavy atom. The zero-order chi connectivity index (χ0) is 12.8. The molecule has 0 spiro atoms. The second-order valence-corrected chi connectivity index (χ2v) is 6.83. The number of fused-ring (bicyclic) bond motifs is 2. The SMILES string of the molecule is COC1CCCCC1(O)C1(CN)CC2CCC1C2. The molecule has 0 saturated heterocycles. The molecule has 2 bridgehead atoms. The van der Waals surface area contributed by atoms with Crippen LogP contribution in [0.5, 0.6) is 0 Å². The molecule has 0 aromatic heterocycles. The molecule has 0 heterocycles. The van der Waals surface area contributed by atoms with Crippen molar-refractivity contribution in [1.82, 2.24) is 0 Å². The average Bonchev–Trinajstić information content (AvgIpc) is 3.00. The minimum atomic E-state index is -0.672. The standard InChI is InChI=1S/C15H27NO2/c1-18-13-4-2-3-7-15(13,17)14(10-16)9-11-5-6-12(14)8-11/h11-13,17H,2-10,16H2,1H3. The molecule has 5 atom stereocenters. The van der Waals surface area contributed by atoms with Crippen LogP contribution in [-0.2, 0) is 4.74 Å². The van der Waals surface area contributed by atoms with E-state index in [4.69, 9.17) is 10.5 Å². The monoisotopic (exact) mass is 253 g/mol. The molecule has 3 aliphatic carbocycles. The minimum absolute atomic E-state index is 0.00542. The summed E-state index contributed by atoms with van der Waals surface area (Å²) in [4.78, 5) is 0. The second-order valence-electron chi connectivity index (χ2n) is 6.83. The quantitative estimate of drug-likeness (QED) is 0.809. The maximum atomic E-state index is 11.4. The number of hydrogen-bond donors (Lipinski definition) is 2. The van der Waals surface area contributed by atoms with E-state index in [0.717, 1.165) is 31.6 Å². The normalized spacial score (nSPS) is 51.8. The Morgan fingerprint density at radius 1 is 1.28 bits per heavy atom. The van der Waals surface area contributed by atoms with E-state index in [1.165, 1.54) is 25.7 Å². The number of hydrogen-bond acceptors (Lipinski definition) is 3. The van der Waals surface area contributed by atoms with Gasteiger partial charge in [0.2, 0.25) is 0 Å². The molecule has 0 radical (unpaired) electrons. The van der Waals surface area contributed by atoms with Crippen LogP contribution in [0.25, 0.3) is 0 Å². The van der Waals surface area contributed by atoms with Gasteiger partial charge in [0.15, 0.2) is 0 Å². The molecule has 0 aromatic carbocycles. The molecule has 3 N–H and O–H groups in total. The second kappa shape index (κ2) is 4.46. The predicted octanol–water partition coefficient (Wildman–Crippen LogP) is 2.07. The summed E-state index contributed by atoms with van der Waals surface area (Å²) in [5.41, 5.74) is 5.44. The predicted molar refractivity (Wildman–Crippen MR) is 71.2 cm³/mol. The summed E-state index contributed by atoms with van der Waals surface area (Å²) < 4.78 is 5.65. The van der Waals surface area contributed by atoms with Crippen molar-refractivity contribution < 1.29 is 9.84 Å². The lowest BCUT2D eigenvalue weighted by Crippen LogP contribution is -2.63. The molecule has 0 amide bonds. The fourth-order valence-electron chi connectivity index (χ4n) is 5.41. The van der Waals surface area contributed by atoms with Crippen LogP contribution >= 0.6 is 0 Å². The van der Waals surface area contributed by atoms with Crippen molar-refractivity contribution in [2.75, 3.05) is 13.7 Å². The van der Waals surface area contributed by atoms with Gasteiger partial charge in [-0.25, -0.2) is 0 Å². The molecule has 0 aliphatic heterocycles. The van der Waals surface area contributed by atoms with Gasteiger partial charge in [-0.15, -0.1) is 0 Å². The van der Waals surface area contributed by atoms with Gasteiger partial charge in [0.1, 0.15) is 0 Å². The third-order valence-electron chi connectivity index (χ3n) is 6.29. The van der Waals surface area contributed by atoms with Gasteiger partial charge < -0.3 is 15.6 Å². The summed E-state index contributed by atoms with van der Waals surface area (Å²) in [6.07, 6.45) is 9.19. The van der Waals surface area contributed by atoms with Gasteiger partial charge in [-0.3, -0.25) is 0 Å². The summed E-state index contributed by atoms with van der Waals surface area (Å²) in [5.74, 6) is 1.44. The smallest absolute Gasteiger partial charge is 0.0978 e. The first-order chi connectivity index (χ1) is 8.66. The van der Waals surface area contributed by atoms with Crippen LogP contribution in [0.1, 0.15) is 51.4 Å². The lowest BCUT2D eigenvalue weighted by Gasteiger charge is -2.54. The van der Waals surface area contributed by atoms with E-state index >= 15 is 0 Å². The molecule has 3 heteroatoms. The summed E-state index contributed by atoms with van der Waals surface area (Å²) in [6.45, 7) is 0.629. The van der Waals surface area contributed by atoms with Crippen molar-refractivity contribution in [1.29, 1.82) is 0 Å². The van der Waals surface area contributed by atoms with Gasteiger partial charge >= 0.3 is 0 Å². The van der Waals surface area contributed by atoms with Crippen molar-refractivity contribution >= 4 is 0 Å².